The SMILES string of the molecule is OCc1ccc(Oc2cc(Cl)nc(C(F)(F)F)n2)cc1. The number of ether oxygens (including phenoxy) is 1. The molecule has 0 fully saturated rings. The Balaban J connectivity index is 2.26. The largest absolute Gasteiger partial charge is 0.451 e. The van der Waals surface area contributed by atoms with E-state index in [4.69, 9.17) is 21.4 Å². The molecule has 0 saturated carbocycles. The molecular weight excluding hydrogens is 297 g/mol. The molecule has 0 saturated heterocycles. The Bertz CT molecular complexity index is 603. The molecule has 0 aliphatic carbocycles. The molecule has 0 bridgehead atoms. The van der Waals surface area contributed by atoms with Crippen LogP contribution in [0.15, 0.2) is 30.3 Å². The average molecular weight is 305 g/mol. The van der Waals surface area contributed by atoms with Crippen LogP contribution >= 0.6 is 11.6 Å². The highest BCUT2D eigenvalue weighted by Crippen LogP contribution is 2.30. The van der Waals surface area contributed by atoms with Gasteiger partial charge in [0.2, 0.25) is 11.7 Å². The second kappa shape index (κ2) is 5.64. The van der Waals surface area contributed by atoms with Crippen LogP contribution in [-0.4, -0.2) is 15.1 Å². The van der Waals surface area contributed by atoms with Crippen molar-refractivity contribution < 1.29 is 23.0 Å². The standard InChI is InChI=1S/C12H8ClF3N2O2/c13-9-5-10(18-11(17-9)12(14,15)16)20-8-3-1-7(6-19)2-4-8/h1-5,19H,6H2. The fraction of sp³-hybridized carbons (Fsp3) is 0.167. The zero-order chi connectivity index (χ0) is 14.8. The van der Waals surface area contributed by atoms with Gasteiger partial charge in [-0.2, -0.15) is 18.2 Å². The first-order chi connectivity index (χ1) is 9.38. The van der Waals surface area contributed by atoms with Gasteiger partial charge >= 0.3 is 6.18 Å². The first-order valence-corrected chi connectivity index (χ1v) is 5.76. The highest BCUT2D eigenvalue weighted by atomic mass is 35.5. The van der Waals surface area contributed by atoms with Crippen LogP contribution in [0.2, 0.25) is 5.15 Å². The van der Waals surface area contributed by atoms with Gasteiger partial charge in [0.15, 0.2) is 0 Å². The highest BCUT2D eigenvalue weighted by molar-refractivity contribution is 6.29. The minimum Gasteiger partial charge on any atom is -0.439 e. The van der Waals surface area contributed by atoms with Crippen molar-refractivity contribution >= 4 is 11.6 Å². The Labute approximate surface area is 116 Å². The normalized spacial score (nSPS) is 11.4. The first-order valence-electron chi connectivity index (χ1n) is 5.38. The van der Waals surface area contributed by atoms with Crippen LogP contribution < -0.4 is 4.74 Å². The molecule has 8 heteroatoms. The lowest BCUT2D eigenvalue weighted by Gasteiger charge is -2.09. The maximum Gasteiger partial charge on any atom is 0.451 e. The summed E-state index contributed by atoms with van der Waals surface area (Å²) >= 11 is 5.51. The Morgan fingerprint density at radius 2 is 1.80 bits per heavy atom. The summed E-state index contributed by atoms with van der Waals surface area (Å²) in [5.74, 6) is -1.41. The highest BCUT2D eigenvalue weighted by Gasteiger charge is 2.35. The van der Waals surface area contributed by atoms with E-state index >= 15 is 0 Å². The fourth-order valence-corrected chi connectivity index (χ4v) is 1.53. The number of aliphatic hydroxyl groups is 1. The lowest BCUT2D eigenvalue weighted by atomic mass is 10.2. The summed E-state index contributed by atoms with van der Waals surface area (Å²) < 4.78 is 42.7. The van der Waals surface area contributed by atoms with E-state index in [0.717, 1.165) is 6.07 Å². The van der Waals surface area contributed by atoms with Crippen molar-refractivity contribution in [1.82, 2.24) is 9.97 Å². The van der Waals surface area contributed by atoms with E-state index < -0.39 is 12.0 Å². The number of alkyl halides is 3. The monoisotopic (exact) mass is 304 g/mol. The molecule has 2 rings (SSSR count). The molecule has 20 heavy (non-hydrogen) atoms. The molecule has 1 heterocycles. The smallest absolute Gasteiger partial charge is 0.439 e. The molecule has 0 atom stereocenters. The van der Waals surface area contributed by atoms with E-state index in [1.54, 1.807) is 12.1 Å². The van der Waals surface area contributed by atoms with Crippen LogP contribution in [0.3, 0.4) is 0 Å². The van der Waals surface area contributed by atoms with Crippen molar-refractivity contribution in [2.24, 2.45) is 0 Å². The summed E-state index contributed by atoms with van der Waals surface area (Å²) in [7, 11) is 0. The predicted octanol–water partition coefficient (Wildman–Crippen LogP) is 3.43. The Morgan fingerprint density at radius 3 is 2.35 bits per heavy atom. The van der Waals surface area contributed by atoms with Crippen molar-refractivity contribution in [3.63, 3.8) is 0 Å². The summed E-state index contributed by atoms with van der Waals surface area (Å²) in [4.78, 5) is 6.34. The Hall–Kier alpha value is -1.86. The van der Waals surface area contributed by atoms with Gasteiger partial charge in [-0.25, -0.2) is 4.98 Å². The van der Waals surface area contributed by atoms with Gasteiger partial charge in [0.25, 0.3) is 0 Å². The van der Waals surface area contributed by atoms with Crippen molar-refractivity contribution in [2.75, 3.05) is 0 Å². The van der Waals surface area contributed by atoms with Crippen LogP contribution in [0.25, 0.3) is 0 Å². The summed E-state index contributed by atoms with van der Waals surface area (Å²) in [5, 5.41) is 8.51. The Morgan fingerprint density at radius 1 is 1.15 bits per heavy atom. The molecule has 2 aromatic rings. The molecule has 0 radical (unpaired) electrons. The molecule has 1 N–H and O–H groups in total. The maximum absolute atomic E-state index is 12.5. The molecule has 0 spiro atoms. The number of rotatable bonds is 3. The summed E-state index contributed by atoms with van der Waals surface area (Å²) in [6, 6.07) is 7.21. The van der Waals surface area contributed by atoms with Gasteiger partial charge in [0.05, 0.1) is 6.61 Å². The zero-order valence-corrected chi connectivity index (χ0v) is 10.6. The zero-order valence-electron chi connectivity index (χ0n) is 9.86. The van der Waals surface area contributed by atoms with E-state index in [1.165, 1.54) is 12.1 Å². The number of hydrogen-bond donors (Lipinski definition) is 1. The Kier molecular flexibility index (Phi) is 4.10. The van der Waals surface area contributed by atoms with Crippen molar-refractivity contribution in [2.45, 2.75) is 12.8 Å². The van der Waals surface area contributed by atoms with Crippen LogP contribution in [0.5, 0.6) is 11.6 Å². The van der Waals surface area contributed by atoms with Gasteiger partial charge in [-0.05, 0) is 17.7 Å². The van der Waals surface area contributed by atoms with Gasteiger partial charge in [0, 0.05) is 6.07 Å². The lowest BCUT2D eigenvalue weighted by Crippen LogP contribution is -2.11. The molecule has 0 amide bonds. The summed E-state index contributed by atoms with van der Waals surface area (Å²) in [5.41, 5.74) is 0.647. The fourth-order valence-electron chi connectivity index (χ4n) is 1.36. The van der Waals surface area contributed by atoms with Crippen molar-refractivity contribution in [3.05, 3.63) is 46.9 Å². The summed E-state index contributed by atoms with van der Waals surface area (Å²) in [6.45, 7) is -0.141. The maximum atomic E-state index is 12.5. The van der Waals surface area contributed by atoms with Gasteiger partial charge in [-0.15, -0.1) is 0 Å². The third-order valence-corrected chi connectivity index (χ3v) is 2.45. The molecule has 0 unspecified atom stereocenters. The molecule has 0 aliphatic rings. The third kappa shape index (κ3) is 3.58. The number of aromatic nitrogens is 2. The number of hydrogen-bond acceptors (Lipinski definition) is 4. The van der Waals surface area contributed by atoms with E-state index in [1.807, 2.05) is 0 Å². The van der Waals surface area contributed by atoms with Gasteiger partial charge in [0.1, 0.15) is 10.9 Å². The van der Waals surface area contributed by atoms with Crippen LogP contribution in [0.1, 0.15) is 11.4 Å². The van der Waals surface area contributed by atoms with E-state index in [2.05, 4.69) is 9.97 Å². The number of nitrogens with zero attached hydrogens (tertiary/aromatic N) is 2. The van der Waals surface area contributed by atoms with Crippen LogP contribution in [-0.2, 0) is 12.8 Å². The third-order valence-electron chi connectivity index (χ3n) is 2.25. The quantitative estimate of drug-likeness (QED) is 0.883. The van der Waals surface area contributed by atoms with E-state index in [-0.39, 0.29) is 23.4 Å². The predicted molar refractivity (Wildman–Crippen MR) is 64.5 cm³/mol. The van der Waals surface area contributed by atoms with E-state index in [9.17, 15) is 13.2 Å². The lowest BCUT2D eigenvalue weighted by molar-refractivity contribution is -0.145. The number of halogens is 4. The van der Waals surface area contributed by atoms with Crippen LogP contribution in [0, 0.1) is 0 Å². The number of aliphatic hydroxyl groups excluding tert-OH is 1. The first kappa shape index (κ1) is 14.5. The van der Waals surface area contributed by atoms with Gasteiger partial charge in [-0.3, -0.25) is 0 Å². The average Bonchev–Trinajstić information content (AvgIpc) is 2.38. The van der Waals surface area contributed by atoms with Crippen molar-refractivity contribution in [1.29, 1.82) is 0 Å². The second-order valence-corrected chi connectivity index (χ2v) is 4.14. The molecule has 4 nitrogen and oxygen atoms in total. The molecule has 1 aromatic heterocycles. The number of benzene rings is 1. The van der Waals surface area contributed by atoms with Gasteiger partial charge < -0.3 is 9.84 Å². The molecular formula is C12H8ClF3N2O2. The van der Waals surface area contributed by atoms with E-state index in [0.29, 0.717) is 5.56 Å². The minimum absolute atomic E-state index is 0.141. The van der Waals surface area contributed by atoms with Crippen molar-refractivity contribution in [3.8, 4) is 11.6 Å². The van der Waals surface area contributed by atoms with Gasteiger partial charge in [-0.1, -0.05) is 23.7 Å². The summed E-state index contributed by atoms with van der Waals surface area (Å²) in [6.07, 6.45) is -4.70. The topological polar surface area (TPSA) is 55.2 Å². The molecule has 106 valence electrons. The minimum atomic E-state index is -4.70. The van der Waals surface area contributed by atoms with Crippen LogP contribution in [0.4, 0.5) is 13.2 Å². The second-order valence-electron chi connectivity index (χ2n) is 3.75. The molecule has 0 aliphatic heterocycles. The molecule has 1 aromatic carbocycles.